The minimum Gasteiger partial charge on any atom is -0.351 e. The molecule has 0 radical (unpaired) electrons. The number of carbonyl (C=O) groups excluding carboxylic acids is 1. The highest BCUT2D eigenvalue weighted by Crippen LogP contribution is 2.15. The predicted molar refractivity (Wildman–Crippen MR) is 62.6 cm³/mol. The quantitative estimate of drug-likeness (QED) is 0.620. The van der Waals surface area contributed by atoms with Gasteiger partial charge in [0, 0.05) is 10.9 Å². The molecule has 0 saturated carbocycles. The summed E-state index contributed by atoms with van der Waals surface area (Å²) in [4.78, 5) is 18.7. The molecule has 0 saturated heterocycles. The Hall–Kier alpha value is -2.63. The molecule has 2 heterocycles. The van der Waals surface area contributed by atoms with Gasteiger partial charge in [-0.1, -0.05) is 18.2 Å². The van der Waals surface area contributed by atoms with Gasteiger partial charge in [-0.25, -0.2) is 5.10 Å². The number of benzene rings is 1. The largest absolute Gasteiger partial charge is 0.351 e. The van der Waals surface area contributed by atoms with Crippen molar-refractivity contribution in [1.82, 2.24) is 20.2 Å². The van der Waals surface area contributed by atoms with Gasteiger partial charge in [-0.2, -0.15) is 10.1 Å². The van der Waals surface area contributed by atoms with Crippen LogP contribution in [-0.4, -0.2) is 26.1 Å². The lowest BCUT2D eigenvalue weighted by Gasteiger charge is -1.97. The number of nitrogens with zero attached hydrogens (tertiary/aromatic N) is 2. The summed E-state index contributed by atoms with van der Waals surface area (Å²) in [5, 5.41) is 9.81. The average Bonchev–Trinajstić information content (AvgIpc) is 2.96. The maximum Gasteiger partial charge on any atom is 0.274 e. The molecule has 3 N–H and O–H groups in total. The number of carbonyl (C=O) groups is 1. The van der Waals surface area contributed by atoms with Crippen LogP contribution >= 0.6 is 0 Å². The zero-order valence-corrected chi connectivity index (χ0v) is 8.77. The molecule has 0 bridgehead atoms. The SMILES string of the molecule is O=C(Nc1ncn[nH]1)c1cc2ccccc2[nH]1. The number of anilines is 1. The van der Waals surface area contributed by atoms with E-state index in [1.807, 2.05) is 24.3 Å². The molecule has 0 aliphatic rings. The zero-order chi connectivity index (χ0) is 11.7. The van der Waals surface area contributed by atoms with Crippen molar-refractivity contribution in [3.05, 3.63) is 42.4 Å². The lowest BCUT2D eigenvalue weighted by molar-refractivity contribution is 0.102. The molecule has 0 aliphatic carbocycles. The highest BCUT2D eigenvalue weighted by Gasteiger charge is 2.10. The Balaban J connectivity index is 1.90. The number of para-hydroxylation sites is 1. The monoisotopic (exact) mass is 227 g/mol. The van der Waals surface area contributed by atoms with Crippen molar-refractivity contribution in [3.63, 3.8) is 0 Å². The van der Waals surface area contributed by atoms with Gasteiger partial charge >= 0.3 is 0 Å². The second-order valence-corrected chi connectivity index (χ2v) is 3.56. The third kappa shape index (κ3) is 1.76. The van der Waals surface area contributed by atoms with E-state index < -0.39 is 0 Å². The second-order valence-electron chi connectivity index (χ2n) is 3.56. The standard InChI is InChI=1S/C11H9N5O/c17-10(15-11-12-6-13-16-11)9-5-7-3-1-2-4-8(7)14-9/h1-6,14H,(H2,12,13,15,16,17). The molecule has 2 aromatic heterocycles. The van der Waals surface area contributed by atoms with Crippen molar-refractivity contribution in [1.29, 1.82) is 0 Å². The molecule has 0 atom stereocenters. The van der Waals surface area contributed by atoms with Crippen molar-refractivity contribution in [2.24, 2.45) is 0 Å². The lowest BCUT2D eigenvalue weighted by Crippen LogP contribution is -2.13. The highest BCUT2D eigenvalue weighted by molar-refractivity contribution is 6.05. The molecule has 0 aliphatic heterocycles. The van der Waals surface area contributed by atoms with E-state index in [0.29, 0.717) is 11.6 Å². The summed E-state index contributed by atoms with van der Waals surface area (Å²) in [5.74, 6) is 0.0756. The smallest absolute Gasteiger partial charge is 0.274 e. The Kier molecular flexibility index (Phi) is 2.11. The van der Waals surface area contributed by atoms with Gasteiger partial charge in [0.05, 0.1) is 0 Å². The van der Waals surface area contributed by atoms with Crippen LogP contribution in [0.2, 0.25) is 0 Å². The number of hydrogen-bond acceptors (Lipinski definition) is 3. The van der Waals surface area contributed by atoms with E-state index in [4.69, 9.17) is 0 Å². The van der Waals surface area contributed by atoms with Gasteiger partial charge in [-0.15, -0.1) is 0 Å². The summed E-state index contributed by atoms with van der Waals surface area (Å²) in [7, 11) is 0. The Morgan fingerprint density at radius 3 is 2.94 bits per heavy atom. The lowest BCUT2D eigenvalue weighted by atomic mass is 10.2. The molecule has 0 unspecified atom stereocenters. The fourth-order valence-corrected chi connectivity index (χ4v) is 1.64. The summed E-state index contributed by atoms with van der Waals surface area (Å²) in [6.07, 6.45) is 1.33. The molecule has 0 fully saturated rings. The molecule has 1 amide bonds. The van der Waals surface area contributed by atoms with E-state index in [-0.39, 0.29) is 5.91 Å². The summed E-state index contributed by atoms with van der Waals surface area (Å²) >= 11 is 0. The van der Waals surface area contributed by atoms with Crippen LogP contribution in [0.3, 0.4) is 0 Å². The van der Waals surface area contributed by atoms with E-state index in [9.17, 15) is 4.79 Å². The van der Waals surface area contributed by atoms with Crippen molar-refractivity contribution >= 4 is 22.8 Å². The van der Waals surface area contributed by atoms with Crippen LogP contribution < -0.4 is 5.32 Å². The fourth-order valence-electron chi connectivity index (χ4n) is 1.64. The first kappa shape index (κ1) is 9.59. The summed E-state index contributed by atoms with van der Waals surface area (Å²) in [5.41, 5.74) is 1.41. The van der Waals surface area contributed by atoms with Crippen molar-refractivity contribution < 1.29 is 4.79 Å². The third-order valence-corrected chi connectivity index (χ3v) is 2.42. The van der Waals surface area contributed by atoms with Crippen molar-refractivity contribution in [3.8, 4) is 0 Å². The number of fused-ring (bicyclic) bond motifs is 1. The van der Waals surface area contributed by atoms with E-state index in [1.165, 1.54) is 6.33 Å². The molecule has 1 aromatic carbocycles. The van der Waals surface area contributed by atoms with Gasteiger partial charge in [0.1, 0.15) is 12.0 Å². The third-order valence-electron chi connectivity index (χ3n) is 2.42. The second kappa shape index (κ2) is 3.75. The first-order valence-electron chi connectivity index (χ1n) is 5.07. The molecule has 17 heavy (non-hydrogen) atoms. The number of rotatable bonds is 2. The van der Waals surface area contributed by atoms with Crippen LogP contribution in [0.5, 0.6) is 0 Å². The molecular weight excluding hydrogens is 218 g/mol. The van der Waals surface area contributed by atoms with Crippen LogP contribution in [0.25, 0.3) is 10.9 Å². The summed E-state index contributed by atoms with van der Waals surface area (Å²) < 4.78 is 0. The molecule has 3 rings (SSSR count). The highest BCUT2D eigenvalue weighted by atomic mass is 16.2. The van der Waals surface area contributed by atoms with Gasteiger partial charge in [0.25, 0.3) is 5.91 Å². The molecule has 84 valence electrons. The number of H-pyrrole nitrogens is 2. The Morgan fingerprint density at radius 1 is 1.29 bits per heavy atom. The minimum absolute atomic E-state index is 0.252. The molecule has 6 nitrogen and oxygen atoms in total. The van der Waals surface area contributed by atoms with Crippen LogP contribution in [0.4, 0.5) is 5.95 Å². The zero-order valence-electron chi connectivity index (χ0n) is 8.77. The average molecular weight is 227 g/mol. The Labute approximate surface area is 96.1 Å². The van der Waals surface area contributed by atoms with Gasteiger partial charge in [-0.3, -0.25) is 10.1 Å². The number of hydrogen-bond donors (Lipinski definition) is 3. The van der Waals surface area contributed by atoms with E-state index >= 15 is 0 Å². The normalized spacial score (nSPS) is 10.6. The number of amides is 1. The maximum atomic E-state index is 11.9. The van der Waals surface area contributed by atoms with E-state index in [2.05, 4.69) is 25.5 Å². The number of nitrogens with one attached hydrogen (secondary N) is 3. The first-order valence-corrected chi connectivity index (χ1v) is 5.07. The summed E-state index contributed by atoms with van der Waals surface area (Å²) in [6.45, 7) is 0. The Morgan fingerprint density at radius 2 is 2.18 bits per heavy atom. The topological polar surface area (TPSA) is 86.5 Å². The van der Waals surface area contributed by atoms with Gasteiger partial charge in [-0.05, 0) is 12.1 Å². The Bertz CT molecular complexity index is 622. The van der Waals surface area contributed by atoms with Crippen LogP contribution in [0.1, 0.15) is 10.5 Å². The van der Waals surface area contributed by atoms with Crippen LogP contribution in [0, 0.1) is 0 Å². The van der Waals surface area contributed by atoms with Gasteiger partial charge in [0.2, 0.25) is 5.95 Å². The first-order chi connectivity index (χ1) is 8.33. The molecule has 3 aromatic rings. The number of aromatic amines is 2. The van der Waals surface area contributed by atoms with E-state index in [0.717, 1.165) is 10.9 Å². The van der Waals surface area contributed by atoms with Crippen molar-refractivity contribution in [2.45, 2.75) is 0 Å². The van der Waals surface area contributed by atoms with Crippen LogP contribution in [-0.2, 0) is 0 Å². The predicted octanol–water partition coefficient (Wildman–Crippen LogP) is 1.54. The molecular formula is C11H9N5O. The minimum atomic E-state index is -0.252. The molecule has 6 heteroatoms. The molecule has 0 spiro atoms. The van der Waals surface area contributed by atoms with Crippen molar-refractivity contribution in [2.75, 3.05) is 5.32 Å². The maximum absolute atomic E-state index is 11.9. The van der Waals surface area contributed by atoms with E-state index in [1.54, 1.807) is 6.07 Å². The number of aromatic nitrogens is 4. The van der Waals surface area contributed by atoms with Gasteiger partial charge in [0.15, 0.2) is 0 Å². The van der Waals surface area contributed by atoms with Gasteiger partial charge < -0.3 is 4.98 Å². The fraction of sp³-hybridized carbons (Fsp3) is 0. The summed E-state index contributed by atoms with van der Waals surface area (Å²) in [6, 6.07) is 9.49. The van der Waals surface area contributed by atoms with Crippen LogP contribution in [0.15, 0.2) is 36.7 Å².